The maximum Gasteiger partial charge on any atom is 0.345 e. The molecular formula is C12H13BrN4O. The van der Waals surface area contributed by atoms with E-state index in [1.165, 1.54) is 6.20 Å². The molecule has 0 aliphatic carbocycles. The molecule has 0 bridgehead atoms. The van der Waals surface area contributed by atoms with Crippen molar-refractivity contribution in [2.75, 3.05) is 18.4 Å². The fourth-order valence-electron chi connectivity index (χ4n) is 1.58. The summed E-state index contributed by atoms with van der Waals surface area (Å²) in [5.41, 5.74) is 7.48. The first-order chi connectivity index (χ1) is 8.70. The summed E-state index contributed by atoms with van der Waals surface area (Å²) in [5.74, 6) is 0. The lowest BCUT2D eigenvalue weighted by molar-refractivity contribution is 1.01. The van der Waals surface area contributed by atoms with E-state index < -0.39 is 0 Å². The predicted octanol–water partition coefficient (Wildman–Crippen LogP) is 1.57. The van der Waals surface area contributed by atoms with Crippen molar-refractivity contribution in [3.63, 3.8) is 0 Å². The lowest BCUT2D eigenvalue weighted by atomic mass is 10.1. The summed E-state index contributed by atoms with van der Waals surface area (Å²) in [5, 5.41) is 3.13. The van der Waals surface area contributed by atoms with Crippen LogP contribution in [0, 0.1) is 0 Å². The molecule has 0 radical (unpaired) electrons. The van der Waals surface area contributed by atoms with Crippen LogP contribution < -0.4 is 16.7 Å². The minimum Gasteiger partial charge on any atom is -0.381 e. The zero-order chi connectivity index (χ0) is 13.0. The van der Waals surface area contributed by atoms with E-state index in [4.69, 9.17) is 5.73 Å². The van der Waals surface area contributed by atoms with E-state index in [0.29, 0.717) is 13.1 Å². The Balaban J connectivity index is 2.43. The highest BCUT2D eigenvalue weighted by atomic mass is 79.9. The third-order valence-electron chi connectivity index (χ3n) is 2.40. The van der Waals surface area contributed by atoms with Crippen LogP contribution in [0.4, 0.5) is 5.69 Å². The van der Waals surface area contributed by atoms with Crippen LogP contribution in [-0.2, 0) is 0 Å². The number of rotatable bonds is 4. The SMILES string of the molecule is NCCNc1cnc(=O)[nH]c1-c1ccc(Br)cc1. The van der Waals surface area contributed by atoms with E-state index in [9.17, 15) is 4.79 Å². The van der Waals surface area contributed by atoms with Gasteiger partial charge in [0.25, 0.3) is 0 Å². The van der Waals surface area contributed by atoms with Crippen molar-refractivity contribution in [2.24, 2.45) is 5.73 Å². The van der Waals surface area contributed by atoms with E-state index in [0.717, 1.165) is 21.4 Å². The minimum absolute atomic E-state index is 0.369. The summed E-state index contributed by atoms with van der Waals surface area (Å²) in [4.78, 5) is 17.8. The van der Waals surface area contributed by atoms with Gasteiger partial charge in [-0.05, 0) is 12.1 Å². The molecule has 0 saturated carbocycles. The molecule has 4 N–H and O–H groups in total. The number of aromatic nitrogens is 2. The maximum atomic E-state index is 11.3. The number of hydrogen-bond acceptors (Lipinski definition) is 4. The van der Waals surface area contributed by atoms with Gasteiger partial charge in [-0.1, -0.05) is 28.1 Å². The number of nitrogens with zero attached hydrogens (tertiary/aromatic N) is 1. The highest BCUT2D eigenvalue weighted by molar-refractivity contribution is 9.10. The molecule has 18 heavy (non-hydrogen) atoms. The molecule has 1 aromatic heterocycles. The average Bonchev–Trinajstić information content (AvgIpc) is 2.38. The smallest absolute Gasteiger partial charge is 0.345 e. The maximum absolute atomic E-state index is 11.3. The van der Waals surface area contributed by atoms with E-state index in [1.807, 2.05) is 24.3 Å². The first-order valence-corrected chi connectivity index (χ1v) is 6.29. The fourth-order valence-corrected chi connectivity index (χ4v) is 1.84. The zero-order valence-electron chi connectivity index (χ0n) is 9.61. The van der Waals surface area contributed by atoms with Gasteiger partial charge < -0.3 is 16.0 Å². The molecule has 0 saturated heterocycles. The van der Waals surface area contributed by atoms with Crippen LogP contribution in [0.2, 0.25) is 0 Å². The third-order valence-corrected chi connectivity index (χ3v) is 2.93. The molecule has 0 aliphatic rings. The highest BCUT2D eigenvalue weighted by Crippen LogP contribution is 2.25. The summed E-state index contributed by atoms with van der Waals surface area (Å²) in [6.45, 7) is 1.14. The van der Waals surface area contributed by atoms with Crippen LogP contribution in [0.3, 0.4) is 0 Å². The molecule has 0 fully saturated rings. The van der Waals surface area contributed by atoms with E-state index in [1.54, 1.807) is 0 Å². The van der Waals surface area contributed by atoms with Gasteiger partial charge in [-0.2, -0.15) is 4.98 Å². The molecule has 0 amide bonds. The van der Waals surface area contributed by atoms with Gasteiger partial charge in [0.05, 0.1) is 17.6 Å². The van der Waals surface area contributed by atoms with Crippen molar-refractivity contribution in [1.82, 2.24) is 9.97 Å². The number of benzene rings is 1. The van der Waals surface area contributed by atoms with Gasteiger partial charge in [0.1, 0.15) is 0 Å². The second-order valence-corrected chi connectivity index (χ2v) is 4.62. The molecule has 0 aliphatic heterocycles. The van der Waals surface area contributed by atoms with Gasteiger partial charge in [0.15, 0.2) is 0 Å². The van der Waals surface area contributed by atoms with E-state index in [-0.39, 0.29) is 5.69 Å². The Morgan fingerprint density at radius 2 is 2.06 bits per heavy atom. The monoisotopic (exact) mass is 308 g/mol. The van der Waals surface area contributed by atoms with Crippen molar-refractivity contribution < 1.29 is 0 Å². The summed E-state index contributed by atoms with van der Waals surface area (Å²) in [7, 11) is 0. The predicted molar refractivity (Wildman–Crippen MR) is 75.5 cm³/mol. The molecule has 2 rings (SSSR count). The standard InChI is InChI=1S/C12H13BrN4O/c13-9-3-1-8(2-4-9)11-10(15-6-5-14)7-16-12(18)17-11/h1-4,7,15H,5-6,14H2,(H,16,17,18). The number of hydrogen-bond donors (Lipinski definition) is 3. The molecule has 5 nitrogen and oxygen atoms in total. The first-order valence-electron chi connectivity index (χ1n) is 5.50. The number of anilines is 1. The summed E-state index contributed by atoms with van der Waals surface area (Å²) in [6, 6.07) is 7.67. The molecule has 0 atom stereocenters. The Kier molecular flexibility index (Phi) is 4.11. The van der Waals surface area contributed by atoms with Crippen LogP contribution in [0.5, 0.6) is 0 Å². The summed E-state index contributed by atoms with van der Waals surface area (Å²) < 4.78 is 0.985. The Bertz CT molecular complexity index is 579. The number of halogens is 1. The lowest BCUT2D eigenvalue weighted by Gasteiger charge is -2.10. The highest BCUT2D eigenvalue weighted by Gasteiger charge is 2.06. The van der Waals surface area contributed by atoms with Gasteiger partial charge in [-0.3, -0.25) is 0 Å². The largest absolute Gasteiger partial charge is 0.381 e. The molecule has 2 aromatic rings. The quantitative estimate of drug-likeness (QED) is 0.800. The van der Waals surface area contributed by atoms with Crippen molar-refractivity contribution in [1.29, 1.82) is 0 Å². The van der Waals surface area contributed by atoms with Gasteiger partial charge >= 0.3 is 5.69 Å². The first kappa shape index (κ1) is 12.8. The van der Waals surface area contributed by atoms with Gasteiger partial charge in [0, 0.05) is 23.1 Å². The van der Waals surface area contributed by atoms with E-state index >= 15 is 0 Å². The number of H-pyrrole nitrogens is 1. The minimum atomic E-state index is -0.369. The molecule has 0 spiro atoms. The van der Waals surface area contributed by atoms with Crippen molar-refractivity contribution >= 4 is 21.6 Å². The number of nitrogens with two attached hydrogens (primary N) is 1. The molecule has 6 heteroatoms. The molecule has 1 heterocycles. The van der Waals surface area contributed by atoms with E-state index in [2.05, 4.69) is 31.2 Å². The summed E-state index contributed by atoms with van der Waals surface area (Å²) >= 11 is 3.38. The van der Waals surface area contributed by atoms with Crippen molar-refractivity contribution in [3.05, 3.63) is 45.4 Å². The summed E-state index contributed by atoms with van der Waals surface area (Å²) in [6.07, 6.45) is 1.52. The fraction of sp³-hybridized carbons (Fsp3) is 0.167. The van der Waals surface area contributed by atoms with Crippen LogP contribution >= 0.6 is 15.9 Å². The number of aromatic amines is 1. The molecule has 1 aromatic carbocycles. The third kappa shape index (κ3) is 2.96. The van der Waals surface area contributed by atoms with Crippen LogP contribution in [0.25, 0.3) is 11.3 Å². The second-order valence-electron chi connectivity index (χ2n) is 3.70. The van der Waals surface area contributed by atoms with Crippen molar-refractivity contribution in [2.45, 2.75) is 0 Å². The Morgan fingerprint density at radius 3 is 2.72 bits per heavy atom. The Labute approximate surface area is 113 Å². The molecule has 94 valence electrons. The van der Waals surface area contributed by atoms with Gasteiger partial charge in [-0.25, -0.2) is 4.79 Å². The van der Waals surface area contributed by atoms with Crippen LogP contribution in [0.1, 0.15) is 0 Å². The molecular weight excluding hydrogens is 296 g/mol. The van der Waals surface area contributed by atoms with Crippen LogP contribution in [0.15, 0.2) is 39.7 Å². The average molecular weight is 309 g/mol. The van der Waals surface area contributed by atoms with Crippen molar-refractivity contribution in [3.8, 4) is 11.3 Å². The van der Waals surface area contributed by atoms with Gasteiger partial charge in [0.2, 0.25) is 0 Å². The topological polar surface area (TPSA) is 83.8 Å². The van der Waals surface area contributed by atoms with Gasteiger partial charge in [-0.15, -0.1) is 0 Å². The second kappa shape index (κ2) is 5.79. The molecule has 0 unspecified atom stereocenters. The normalized spacial score (nSPS) is 10.3. The number of nitrogens with one attached hydrogen (secondary N) is 2. The van der Waals surface area contributed by atoms with Crippen LogP contribution in [-0.4, -0.2) is 23.1 Å². The Morgan fingerprint density at radius 1 is 1.33 bits per heavy atom. The lowest BCUT2D eigenvalue weighted by Crippen LogP contribution is -2.17. The Hall–Kier alpha value is -1.66. The zero-order valence-corrected chi connectivity index (χ0v) is 11.2.